The first-order valence-electron chi connectivity index (χ1n) is 5.87. The van der Waals surface area contributed by atoms with E-state index in [1.165, 1.54) is 31.4 Å². The van der Waals surface area contributed by atoms with Crippen LogP contribution in [0.2, 0.25) is 0 Å². The van der Waals surface area contributed by atoms with Crippen molar-refractivity contribution in [3.8, 4) is 22.6 Å². The summed E-state index contributed by atoms with van der Waals surface area (Å²) in [6, 6.07) is 8.50. The number of aromatic hydroxyl groups is 1. The highest BCUT2D eigenvalue weighted by Gasteiger charge is 2.34. The molecule has 0 saturated heterocycles. The number of halogens is 3. The third kappa shape index (κ3) is 2.87. The van der Waals surface area contributed by atoms with Gasteiger partial charge in [-0.05, 0) is 47.9 Å². The van der Waals surface area contributed by atoms with Crippen LogP contribution in [0.1, 0.15) is 11.1 Å². The van der Waals surface area contributed by atoms with Crippen molar-refractivity contribution in [1.29, 1.82) is 0 Å². The molecule has 2 rings (SSSR count). The summed E-state index contributed by atoms with van der Waals surface area (Å²) in [6.07, 6.45) is -4.49. The topological polar surface area (TPSA) is 29.5 Å². The van der Waals surface area contributed by atoms with Gasteiger partial charge in [-0.1, -0.05) is 12.1 Å². The highest BCUT2D eigenvalue weighted by atomic mass is 19.4. The fraction of sp³-hybridized carbons (Fsp3) is 0.200. The Morgan fingerprint density at radius 3 is 2.25 bits per heavy atom. The Labute approximate surface area is 114 Å². The average molecular weight is 282 g/mol. The zero-order valence-corrected chi connectivity index (χ0v) is 11.0. The largest absolute Gasteiger partial charge is 0.508 e. The molecule has 20 heavy (non-hydrogen) atoms. The number of phenols is 1. The number of ether oxygens (including phenoxy) is 1. The predicted octanol–water partition coefficient (Wildman–Crippen LogP) is 4.40. The molecule has 0 fully saturated rings. The van der Waals surface area contributed by atoms with E-state index in [0.29, 0.717) is 11.1 Å². The number of hydrogen-bond donors (Lipinski definition) is 1. The molecule has 2 aromatic rings. The maximum absolute atomic E-state index is 13.0. The molecule has 0 atom stereocenters. The van der Waals surface area contributed by atoms with Crippen LogP contribution < -0.4 is 4.74 Å². The lowest BCUT2D eigenvalue weighted by molar-refractivity contribution is -0.138. The molecular weight excluding hydrogens is 269 g/mol. The van der Waals surface area contributed by atoms with E-state index in [2.05, 4.69) is 0 Å². The summed E-state index contributed by atoms with van der Waals surface area (Å²) in [5.41, 5.74) is 0.829. The molecule has 0 unspecified atom stereocenters. The van der Waals surface area contributed by atoms with Crippen molar-refractivity contribution < 1.29 is 23.0 Å². The molecule has 0 bridgehead atoms. The zero-order chi connectivity index (χ0) is 14.9. The predicted molar refractivity (Wildman–Crippen MR) is 69.8 cm³/mol. The molecule has 5 heteroatoms. The van der Waals surface area contributed by atoms with Gasteiger partial charge in [-0.2, -0.15) is 13.2 Å². The first-order chi connectivity index (χ1) is 9.31. The van der Waals surface area contributed by atoms with Crippen LogP contribution in [0, 0.1) is 6.92 Å². The third-order valence-corrected chi connectivity index (χ3v) is 2.90. The molecule has 2 nitrogen and oxygen atoms in total. The Hall–Kier alpha value is -2.17. The SMILES string of the molecule is COc1ccc(-c2cc(C)cc(O)c2)cc1C(F)(F)F. The highest BCUT2D eigenvalue weighted by molar-refractivity contribution is 5.68. The fourth-order valence-corrected chi connectivity index (χ4v) is 2.04. The number of methoxy groups -OCH3 is 1. The Morgan fingerprint density at radius 1 is 1.00 bits per heavy atom. The van der Waals surface area contributed by atoms with Crippen LogP contribution in [0.15, 0.2) is 36.4 Å². The maximum atomic E-state index is 13.0. The van der Waals surface area contributed by atoms with Crippen molar-refractivity contribution in [2.24, 2.45) is 0 Å². The van der Waals surface area contributed by atoms with Crippen molar-refractivity contribution in [1.82, 2.24) is 0 Å². The van der Waals surface area contributed by atoms with E-state index in [0.717, 1.165) is 11.6 Å². The second-order valence-electron chi connectivity index (χ2n) is 4.47. The van der Waals surface area contributed by atoms with E-state index in [4.69, 9.17) is 4.74 Å². The fourth-order valence-electron chi connectivity index (χ4n) is 2.04. The molecule has 0 aliphatic heterocycles. The molecule has 0 aliphatic rings. The number of aryl methyl sites for hydroxylation is 1. The first kappa shape index (κ1) is 14.2. The molecule has 0 aromatic heterocycles. The van der Waals surface area contributed by atoms with Gasteiger partial charge in [0.2, 0.25) is 0 Å². The Morgan fingerprint density at radius 2 is 1.70 bits per heavy atom. The van der Waals surface area contributed by atoms with Crippen molar-refractivity contribution in [2.45, 2.75) is 13.1 Å². The van der Waals surface area contributed by atoms with Gasteiger partial charge in [0.1, 0.15) is 11.5 Å². The summed E-state index contributed by atoms with van der Waals surface area (Å²) in [4.78, 5) is 0. The van der Waals surface area contributed by atoms with Crippen molar-refractivity contribution in [2.75, 3.05) is 7.11 Å². The summed E-state index contributed by atoms with van der Waals surface area (Å²) in [7, 11) is 1.20. The van der Waals surface area contributed by atoms with Crippen LogP contribution in [-0.4, -0.2) is 12.2 Å². The Bertz CT molecular complexity index is 613. The van der Waals surface area contributed by atoms with E-state index in [1.54, 1.807) is 13.0 Å². The lowest BCUT2D eigenvalue weighted by Gasteiger charge is -2.14. The van der Waals surface area contributed by atoms with E-state index in [-0.39, 0.29) is 11.5 Å². The smallest absolute Gasteiger partial charge is 0.419 e. The molecule has 2 aromatic carbocycles. The third-order valence-electron chi connectivity index (χ3n) is 2.90. The highest BCUT2D eigenvalue weighted by Crippen LogP contribution is 2.39. The molecule has 0 amide bonds. The molecular formula is C15H13F3O2. The van der Waals surface area contributed by atoms with E-state index < -0.39 is 11.7 Å². The minimum Gasteiger partial charge on any atom is -0.508 e. The molecule has 106 valence electrons. The maximum Gasteiger partial charge on any atom is 0.419 e. The van der Waals surface area contributed by atoms with Crippen molar-refractivity contribution >= 4 is 0 Å². The van der Waals surface area contributed by atoms with Gasteiger partial charge in [0.05, 0.1) is 12.7 Å². The average Bonchev–Trinajstić information content (AvgIpc) is 2.35. The summed E-state index contributed by atoms with van der Waals surface area (Å²) in [5, 5.41) is 9.54. The number of rotatable bonds is 2. The molecule has 1 N–H and O–H groups in total. The number of alkyl halides is 3. The number of benzene rings is 2. The van der Waals surface area contributed by atoms with Gasteiger partial charge in [-0.25, -0.2) is 0 Å². The first-order valence-corrected chi connectivity index (χ1v) is 5.87. The molecule has 0 heterocycles. The van der Waals surface area contributed by atoms with Gasteiger partial charge in [-0.15, -0.1) is 0 Å². The van der Waals surface area contributed by atoms with Crippen LogP contribution >= 0.6 is 0 Å². The van der Waals surface area contributed by atoms with Crippen LogP contribution in [0.5, 0.6) is 11.5 Å². The lowest BCUT2D eigenvalue weighted by atomic mass is 10.00. The minimum absolute atomic E-state index is 0.0179. The van der Waals surface area contributed by atoms with Crippen molar-refractivity contribution in [3.63, 3.8) is 0 Å². The van der Waals surface area contributed by atoms with Crippen LogP contribution in [-0.2, 0) is 6.18 Å². The van der Waals surface area contributed by atoms with E-state index in [9.17, 15) is 18.3 Å². The normalized spacial score (nSPS) is 11.4. The van der Waals surface area contributed by atoms with Gasteiger partial charge < -0.3 is 9.84 Å². The lowest BCUT2D eigenvalue weighted by Crippen LogP contribution is -2.07. The molecule has 0 spiro atoms. The van der Waals surface area contributed by atoms with Crippen LogP contribution in [0.25, 0.3) is 11.1 Å². The summed E-state index contributed by atoms with van der Waals surface area (Å²) in [5.74, 6) is -0.206. The van der Waals surface area contributed by atoms with Gasteiger partial charge in [-0.3, -0.25) is 0 Å². The second-order valence-corrected chi connectivity index (χ2v) is 4.47. The monoisotopic (exact) mass is 282 g/mol. The second kappa shape index (κ2) is 5.07. The van der Waals surface area contributed by atoms with Gasteiger partial charge in [0.25, 0.3) is 0 Å². The van der Waals surface area contributed by atoms with Gasteiger partial charge >= 0.3 is 6.18 Å². The summed E-state index contributed by atoms with van der Waals surface area (Å²) in [6.45, 7) is 1.76. The van der Waals surface area contributed by atoms with Gasteiger partial charge in [0.15, 0.2) is 0 Å². The molecule has 0 radical (unpaired) electrons. The Kier molecular flexibility index (Phi) is 3.61. The minimum atomic E-state index is -4.49. The molecule has 0 saturated carbocycles. The van der Waals surface area contributed by atoms with E-state index >= 15 is 0 Å². The van der Waals surface area contributed by atoms with Gasteiger partial charge in [0, 0.05) is 0 Å². The quantitative estimate of drug-likeness (QED) is 0.885. The molecule has 0 aliphatic carbocycles. The van der Waals surface area contributed by atoms with E-state index in [1.807, 2.05) is 0 Å². The Balaban J connectivity index is 2.58. The zero-order valence-electron chi connectivity index (χ0n) is 11.0. The summed E-state index contributed by atoms with van der Waals surface area (Å²) >= 11 is 0. The number of hydrogen-bond acceptors (Lipinski definition) is 2. The number of phenolic OH excluding ortho intramolecular Hbond substituents is 1. The summed E-state index contributed by atoms with van der Waals surface area (Å²) < 4.78 is 43.6. The van der Waals surface area contributed by atoms with Crippen LogP contribution in [0.4, 0.5) is 13.2 Å². The standard InChI is InChI=1S/C15H13F3O2/c1-9-5-11(7-12(19)6-9)10-3-4-14(20-2)13(8-10)15(16,17)18/h3-8,19H,1-2H3. The van der Waals surface area contributed by atoms with Crippen molar-refractivity contribution in [3.05, 3.63) is 47.5 Å². The van der Waals surface area contributed by atoms with Crippen LogP contribution in [0.3, 0.4) is 0 Å².